The van der Waals surface area contributed by atoms with Crippen molar-refractivity contribution in [3.8, 4) is 11.5 Å². The van der Waals surface area contributed by atoms with Crippen molar-refractivity contribution in [1.29, 1.82) is 0 Å². The second-order valence-corrected chi connectivity index (χ2v) is 8.01. The first-order valence-corrected chi connectivity index (χ1v) is 11.0. The predicted molar refractivity (Wildman–Crippen MR) is 125 cm³/mol. The summed E-state index contributed by atoms with van der Waals surface area (Å²) in [4.78, 5) is 0. The van der Waals surface area contributed by atoms with E-state index in [-0.39, 0.29) is 0 Å². The van der Waals surface area contributed by atoms with Crippen molar-refractivity contribution in [2.45, 2.75) is 26.5 Å². The van der Waals surface area contributed by atoms with Crippen molar-refractivity contribution in [2.75, 3.05) is 13.2 Å². The summed E-state index contributed by atoms with van der Waals surface area (Å²) in [5.74, 6) is 1.43. The van der Waals surface area contributed by atoms with E-state index in [0.29, 0.717) is 34.0 Å². The number of ether oxygens (including phenoxy) is 2. The van der Waals surface area contributed by atoms with Crippen molar-refractivity contribution in [2.24, 2.45) is 0 Å². The van der Waals surface area contributed by atoms with E-state index in [4.69, 9.17) is 44.3 Å². The molecular weight excluding hydrogens is 441 g/mol. The number of rotatable bonds is 10. The number of halogens is 3. The number of hydrogen-bond donors (Lipinski definition) is 1. The van der Waals surface area contributed by atoms with Crippen molar-refractivity contribution in [3.63, 3.8) is 0 Å². The van der Waals surface area contributed by atoms with Gasteiger partial charge in [0.1, 0.15) is 6.61 Å². The molecule has 1 N–H and O–H groups in total. The van der Waals surface area contributed by atoms with Crippen LogP contribution >= 0.6 is 34.8 Å². The Balaban J connectivity index is 1.56. The van der Waals surface area contributed by atoms with Crippen LogP contribution in [0.3, 0.4) is 0 Å². The molecule has 3 aromatic rings. The summed E-state index contributed by atoms with van der Waals surface area (Å²) >= 11 is 18.4. The molecule has 0 aliphatic carbocycles. The molecule has 0 aliphatic rings. The fraction of sp³-hybridized carbons (Fsp3) is 0.250. The molecule has 0 atom stereocenters. The molecule has 3 aromatic carbocycles. The van der Waals surface area contributed by atoms with Gasteiger partial charge in [0.2, 0.25) is 0 Å². The van der Waals surface area contributed by atoms with Crippen LogP contribution in [0.1, 0.15) is 23.6 Å². The molecule has 0 aromatic heterocycles. The van der Waals surface area contributed by atoms with Gasteiger partial charge >= 0.3 is 0 Å². The largest absolute Gasteiger partial charge is 0.490 e. The van der Waals surface area contributed by atoms with Crippen LogP contribution in [0.25, 0.3) is 0 Å². The molecule has 0 radical (unpaired) electrons. The second-order valence-electron chi connectivity index (χ2n) is 6.76. The smallest absolute Gasteiger partial charge is 0.161 e. The highest BCUT2D eigenvalue weighted by Gasteiger charge is 2.09. The topological polar surface area (TPSA) is 30.5 Å². The third-order valence-corrected chi connectivity index (χ3v) is 5.52. The highest BCUT2D eigenvalue weighted by Crippen LogP contribution is 2.30. The van der Waals surface area contributed by atoms with Crippen molar-refractivity contribution < 1.29 is 9.47 Å². The zero-order valence-electron chi connectivity index (χ0n) is 16.8. The predicted octanol–water partition coefficient (Wildman–Crippen LogP) is 6.96. The molecule has 0 saturated heterocycles. The van der Waals surface area contributed by atoms with E-state index in [2.05, 4.69) is 5.32 Å². The molecule has 0 fully saturated rings. The van der Waals surface area contributed by atoms with Crippen molar-refractivity contribution in [3.05, 3.63) is 92.4 Å². The van der Waals surface area contributed by atoms with Gasteiger partial charge in [-0.15, -0.1) is 0 Å². The molecule has 30 heavy (non-hydrogen) atoms. The first kappa shape index (κ1) is 22.8. The highest BCUT2D eigenvalue weighted by molar-refractivity contribution is 6.35. The Bertz CT molecular complexity index is 978. The van der Waals surface area contributed by atoms with Gasteiger partial charge in [-0.25, -0.2) is 0 Å². The summed E-state index contributed by atoms with van der Waals surface area (Å²) in [6.07, 6.45) is 0.827. The maximum atomic E-state index is 6.23. The Morgan fingerprint density at radius 2 is 1.63 bits per heavy atom. The average molecular weight is 465 g/mol. The molecule has 0 saturated carbocycles. The Morgan fingerprint density at radius 3 is 2.40 bits per heavy atom. The van der Waals surface area contributed by atoms with Gasteiger partial charge in [-0.2, -0.15) is 0 Å². The monoisotopic (exact) mass is 463 g/mol. The standard InChI is InChI=1S/C24H24Cl3NO2/c1-2-29-24-13-17(15-28-12-11-18-8-9-20(25)14-22(18)27)7-10-23(24)30-16-19-5-3-4-6-21(19)26/h3-10,13-14,28H,2,11-12,15-16H2,1H3. The Kier molecular flexibility index (Phi) is 8.71. The molecule has 0 aliphatic heterocycles. The van der Waals surface area contributed by atoms with Gasteiger partial charge in [0.25, 0.3) is 0 Å². The third kappa shape index (κ3) is 6.55. The van der Waals surface area contributed by atoms with Crippen LogP contribution in [-0.4, -0.2) is 13.2 Å². The normalized spacial score (nSPS) is 10.8. The summed E-state index contributed by atoms with van der Waals surface area (Å²) < 4.78 is 11.7. The molecule has 3 rings (SSSR count). The molecule has 0 heterocycles. The SMILES string of the molecule is CCOc1cc(CNCCc2ccc(Cl)cc2Cl)ccc1OCc1ccccc1Cl. The van der Waals surface area contributed by atoms with Crippen LogP contribution < -0.4 is 14.8 Å². The molecule has 158 valence electrons. The lowest BCUT2D eigenvalue weighted by atomic mass is 10.1. The zero-order chi connectivity index (χ0) is 21.3. The van der Waals surface area contributed by atoms with Crippen LogP contribution in [0.2, 0.25) is 15.1 Å². The number of hydrogen-bond acceptors (Lipinski definition) is 3. The van der Waals surface area contributed by atoms with Crippen LogP contribution in [0, 0.1) is 0 Å². The summed E-state index contributed by atoms with van der Waals surface area (Å²) in [6.45, 7) is 4.43. The fourth-order valence-corrected chi connectivity index (χ4v) is 3.69. The van der Waals surface area contributed by atoms with Crippen molar-refractivity contribution in [1.82, 2.24) is 5.32 Å². The van der Waals surface area contributed by atoms with Gasteiger partial charge in [0.15, 0.2) is 11.5 Å². The van der Waals surface area contributed by atoms with Gasteiger partial charge in [0.05, 0.1) is 6.61 Å². The lowest BCUT2D eigenvalue weighted by molar-refractivity contribution is 0.269. The minimum absolute atomic E-state index is 0.388. The van der Waals surface area contributed by atoms with E-state index in [9.17, 15) is 0 Å². The highest BCUT2D eigenvalue weighted by atomic mass is 35.5. The maximum absolute atomic E-state index is 6.23. The van der Waals surface area contributed by atoms with Gasteiger partial charge < -0.3 is 14.8 Å². The van der Waals surface area contributed by atoms with E-state index in [1.807, 2.05) is 61.5 Å². The van der Waals surface area contributed by atoms with Crippen LogP contribution in [-0.2, 0) is 19.6 Å². The van der Waals surface area contributed by atoms with Crippen LogP contribution in [0.5, 0.6) is 11.5 Å². The van der Waals surface area contributed by atoms with Crippen LogP contribution in [0.4, 0.5) is 0 Å². The molecular formula is C24H24Cl3NO2. The lowest BCUT2D eigenvalue weighted by Crippen LogP contribution is -2.17. The molecule has 6 heteroatoms. The summed E-state index contributed by atoms with van der Waals surface area (Å²) in [6, 6.07) is 19.2. The van der Waals surface area contributed by atoms with Crippen molar-refractivity contribution >= 4 is 34.8 Å². The lowest BCUT2D eigenvalue weighted by Gasteiger charge is -2.14. The molecule has 0 amide bonds. The third-order valence-electron chi connectivity index (χ3n) is 4.56. The maximum Gasteiger partial charge on any atom is 0.161 e. The van der Waals surface area contributed by atoms with Gasteiger partial charge in [-0.3, -0.25) is 0 Å². The quantitative estimate of drug-likeness (QED) is 0.329. The van der Waals surface area contributed by atoms with Gasteiger partial charge in [-0.05, 0) is 61.3 Å². The first-order chi connectivity index (χ1) is 14.6. The summed E-state index contributed by atoms with van der Waals surface area (Å²) in [5.41, 5.74) is 3.13. The van der Waals surface area contributed by atoms with Gasteiger partial charge in [-0.1, -0.05) is 65.1 Å². The van der Waals surface area contributed by atoms with Gasteiger partial charge in [0, 0.05) is 27.2 Å². The molecule has 3 nitrogen and oxygen atoms in total. The fourth-order valence-electron chi connectivity index (χ4n) is 3.00. The Labute approximate surface area is 192 Å². The molecule has 0 unspecified atom stereocenters. The zero-order valence-corrected chi connectivity index (χ0v) is 19.0. The Morgan fingerprint density at radius 1 is 0.800 bits per heavy atom. The summed E-state index contributed by atoms with van der Waals surface area (Å²) in [5, 5.41) is 5.48. The first-order valence-electron chi connectivity index (χ1n) is 9.83. The number of benzene rings is 3. The average Bonchev–Trinajstić information content (AvgIpc) is 2.73. The minimum Gasteiger partial charge on any atom is -0.490 e. The summed E-state index contributed by atoms with van der Waals surface area (Å²) in [7, 11) is 0. The second kappa shape index (κ2) is 11.5. The minimum atomic E-state index is 0.388. The van der Waals surface area contributed by atoms with E-state index >= 15 is 0 Å². The van der Waals surface area contributed by atoms with Crippen LogP contribution in [0.15, 0.2) is 60.7 Å². The molecule has 0 bridgehead atoms. The molecule has 0 spiro atoms. The number of nitrogens with one attached hydrogen (secondary N) is 1. The van der Waals surface area contributed by atoms with E-state index < -0.39 is 0 Å². The Hall–Kier alpha value is -1.91. The van der Waals surface area contributed by atoms with E-state index in [1.54, 1.807) is 6.07 Å². The van der Waals surface area contributed by atoms with E-state index in [0.717, 1.165) is 42.0 Å². The van der Waals surface area contributed by atoms with E-state index in [1.165, 1.54) is 0 Å².